The van der Waals surface area contributed by atoms with E-state index in [1.807, 2.05) is 0 Å². The maximum absolute atomic E-state index is 14.1. The molecule has 21 heavy (non-hydrogen) atoms. The van der Waals surface area contributed by atoms with E-state index in [9.17, 15) is 18.4 Å². The number of hydrazine groups is 1. The number of nitrogens with one attached hydrogen (secondary N) is 3. The predicted molar refractivity (Wildman–Crippen MR) is 68.3 cm³/mol. The maximum Gasteiger partial charge on any atom is 0.329 e. The minimum Gasteiger partial charge on any atom is -0.497 e. The van der Waals surface area contributed by atoms with Crippen LogP contribution in [0.3, 0.4) is 0 Å². The van der Waals surface area contributed by atoms with Crippen molar-refractivity contribution in [3.63, 3.8) is 0 Å². The maximum atomic E-state index is 14.1. The third-order valence-electron chi connectivity index (χ3n) is 3.26. The first-order chi connectivity index (χ1) is 9.97. The van der Waals surface area contributed by atoms with Crippen LogP contribution in [0.2, 0.25) is 0 Å². The standard InChI is InChI=1S/C12H14F2N4O3/c1-21-5-2-7(13)9(8(14)3-5)6-4-16-11(19)10(6)17-12(20)18-15/h2-3,6,10H,4,15H2,1H3,(H,16,19)(H2,17,18,20)/t6-,10-/m0/s1. The largest absolute Gasteiger partial charge is 0.497 e. The molecule has 1 saturated heterocycles. The van der Waals surface area contributed by atoms with Gasteiger partial charge >= 0.3 is 6.03 Å². The summed E-state index contributed by atoms with van der Waals surface area (Å²) in [6, 6.07) is 0.0880. The first-order valence-electron chi connectivity index (χ1n) is 6.05. The molecule has 0 bridgehead atoms. The van der Waals surface area contributed by atoms with Crippen LogP contribution in [0.4, 0.5) is 13.6 Å². The molecule has 1 aromatic carbocycles. The topological polar surface area (TPSA) is 105 Å². The van der Waals surface area contributed by atoms with E-state index in [-0.39, 0.29) is 17.9 Å². The van der Waals surface area contributed by atoms with Gasteiger partial charge in [0.15, 0.2) is 0 Å². The van der Waals surface area contributed by atoms with Crippen LogP contribution in [-0.4, -0.2) is 31.6 Å². The molecule has 7 nitrogen and oxygen atoms in total. The van der Waals surface area contributed by atoms with Crippen molar-refractivity contribution in [1.29, 1.82) is 0 Å². The molecule has 0 aromatic heterocycles. The fourth-order valence-electron chi connectivity index (χ4n) is 2.27. The number of carbonyl (C=O) groups is 2. The Morgan fingerprint density at radius 2 is 2.05 bits per heavy atom. The van der Waals surface area contributed by atoms with Gasteiger partial charge in [0.25, 0.3) is 0 Å². The summed E-state index contributed by atoms with van der Waals surface area (Å²) in [5, 5.41) is 4.70. The summed E-state index contributed by atoms with van der Waals surface area (Å²) >= 11 is 0. The number of methoxy groups -OCH3 is 1. The molecule has 9 heteroatoms. The van der Waals surface area contributed by atoms with Gasteiger partial charge in [-0.1, -0.05) is 0 Å². The molecule has 1 aromatic rings. The molecule has 1 aliphatic heterocycles. The molecule has 1 fully saturated rings. The number of nitrogens with two attached hydrogens (primary N) is 1. The molecular weight excluding hydrogens is 286 g/mol. The molecule has 0 aliphatic carbocycles. The van der Waals surface area contributed by atoms with Gasteiger partial charge < -0.3 is 15.4 Å². The fraction of sp³-hybridized carbons (Fsp3) is 0.333. The molecule has 1 aliphatic rings. The lowest BCUT2D eigenvalue weighted by Gasteiger charge is -2.19. The van der Waals surface area contributed by atoms with Crippen molar-refractivity contribution >= 4 is 11.9 Å². The van der Waals surface area contributed by atoms with Crippen LogP contribution in [0, 0.1) is 11.6 Å². The Hall–Kier alpha value is -2.42. The summed E-state index contributed by atoms with van der Waals surface area (Å²) in [7, 11) is 1.28. The molecule has 3 amide bonds. The van der Waals surface area contributed by atoms with Crippen molar-refractivity contribution in [2.75, 3.05) is 13.7 Å². The number of halogens is 2. The highest BCUT2D eigenvalue weighted by atomic mass is 19.1. The molecule has 1 heterocycles. The Morgan fingerprint density at radius 1 is 1.43 bits per heavy atom. The van der Waals surface area contributed by atoms with Crippen molar-refractivity contribution < 1.29 is 23.1 Å². The second-order valence-corrected chi connectivity index (χ2v) is 4.45. The van der Waals surface area contributed by atoms with Crippen LogP contribution in [0.15, 0.2) is 12.1 Å². The first kappa shape index (κ1) is 15.0. The Morgan fingerprint density at radius 3 is 2.57 bits per heavy atom. The third-order valence-corrected chi connectivity index (χ3v) is 3.26. The van der Waals surface area contributed by atoms with Crippen molar-refractivity contribution in [2.45, 2.75) is 12.0 Å². The van der Waals surface area contributed by atoms with Gasteiger partial charge in [0.2, 0.25) is 5.91 Å². The lowest BCUT2D eigenvalue weighted by atomic mass is 9.93. The SMILES string of the molecule is COc1cc(F)c([C@@H]2CNC(=O)[C@H]2NC(=O)NN)c(F)c1. The number of amides is 3. The summed E-state index contributed by atoms with van der Waals surface area (Å²) in [6.07, 6.45) is 0. The van der Waals surface area contributed by atoms with Crippen molar-refractivity contribution in [1.82, 2.24) is 16.1 Å². The van der Waals surface area contributed by atoms with Gasteiger partial charge in [-0.25, -0.2) is 19.4 Å². The number of ether oxygens (including phenoxy) is 1. The summed E-state index contributed by atoms with van der Waals surface area (Å²) in [5.74, 6) is 1.80. The van der Waals surface area contributed by atoms with Gasteiger partial charge in [-0.05, 0) is 0 Å². The summed E-state index contributed by atoms with van der Waals surface area (Å²) in [5.41, 5.74) is 1.50. The lowest BCUT2D eigenvalue weighted by Crippen LogP contribution is -2.49. The normalized spacial score (nSPS) is 20.9. The van der Waals surface area contributed by atoms with Gasteiger partial charge in [0.05, 0.1) is 7.11 Å². The Bertz CT molecular complexity index is 559. The average molecular weight is 300 g/mol. The molecule has 0 saturated carbocycles. The molecule has 5 N–H and O–H groups in total. The Balaban J connectivity index is 2.36. The van der Waals surface area contributed by atoms with Gasteiger partial charge in [0.1, 0.15) is 23.4 Å². The van der Waals surface area contributed by atoms with Crippen molar-refractivity contribution in [3.8, 4) is 5.75 Å². The number of urea groups is 1. The number of hydrogen-bond acceptors (Lipinski definition) is 4. The Kier molecular flexibility index (Phi) is 4.22. The van der Waals surface area contributed by atoms with E-state index in [0.717, 1.165) is 12.1 Å². The molecule has 2 rings (SSSR count). The van der Waals surface area contributed by atoms with E-state index in [4.69, 9.17) is 10.6 Å². The van der Waals surface area contributed by atoms with Crippen LogP contribution in [0.5, 0.6) is 5.75 Å². The summed E-state index contributed by atoms with van der Waals surface area (Å²) < 4.78 is 32.9. The van der Waals surface area contributed by atoms with Gasteiger partial charge in [0, 0.05) is 30.2 Å². The molecule has 0 unspecified atom stereocenters. The van der Waals surface area contributed by atoms with Crippen LogP contribution in [-0.2, 0) is 4.79 Å². The highest BCUT2D eigenvalue weighted by Gasteiger charge is 2.39. The molecule has 0 radical (unpaired) electrons. The van der Waals surface area contributed by atoms with Crippen LogP contribution < -0.4 is 26.6 Å². The minimum atomic E-state index is -1.12. The van der Waals surface area contributed by atoms with Gasteiger partial charge in [-0.2, -0.15) is 0 Å². The lowest BCUT2D eigenvalue weighted by molar-refractivity contribution is -0.120. The highest BCUT2D eigenvalue weighted by molar-refractivity contribution is 5.90. The molecular formula is C12H14F2N4O3. The zero-order chi connectivity index (χ0) is 15.6. The first-order valence-corrected chi connectivity index (χ1v) is 6.05. The summed E-state index contributed by atoms with van der Waals surface area (Å²) in [6.45, 7) is -0.00544. The zero-order valence-electron chi connectivity index (χ0n) is 11.1. The van der Waals surface area contributed by atoms with E-state index < -0.39 is 35.5 Å². The highest BCUT2D eigenvalue weighted by Crippen LogP contribution is 2.31. The van der Waals surface area contributed by atoms with Gasteiger partial charge in [-0.15, -0.1) is 0 Å². The van der Waals surface area contributed by atoms with Crippen LogP contribution >= 0.6 is 0 Å². The van der Waals surface area contributed by atoms with E-state index >= 15 is 0 Å². The van der Waals surface area contributed by atoms with E-state index in [2.05, 4.69) is 10.6 Å². The van der Waals surface area contributed by atoms with E-state index in [1.165, 1.54) is 7.11 Å². The monoisotopic (exact) mass is 300 g/mol. The third kappa shape index (κ3) is 2.87. The van der Waals surface area contributed by atoms with Crippen LogP contribution in [0.1, 0.15) is 11.5 Å². The number of hydrogen-bond donors (Lipinski definition) is 4. The number of rotatable bonds is 3. The zero-order valence-corrected chi connectivity index (χ0v) is 11.1. The predicted octanol–water partition coefficient (Wildman–Crippen LogP) is -0.272. The quantitative estimate of drug-likeness (QED) is 0.350. The van der Waals surface area contributed by atoms with Crippen LogP contribution in [0.25, 0.3) is 0 Å². The number of benzene rings is 1. The van der Waals surface area contributed by atoms with E-state index in [1.54, 1.807) is 5.43 Å². The van der Waals surface area contributed by atoms with Crippen molar-refractivity contribution in [3.05, 3.63) is 29.3 Å². The molecule has 0 spiro atoms. The second kappa shape index (κ2) is 5.92. The smallest absolute Gasteiger partial charge is 0.329 e. The molecule has 2 atom stereocenters. The Labute approximate surface area is 118 Å². The fourth-order valence-corrected chi connectivity index (χ4v) is 2.27. The average Bonchev–Trinajstić information content (AvgIpc) is 2.79. The van der Waals surface area contributed by atoms with Gasteiger partial charge in [-0.3, -0.25) is 10.2 Å². The minimum absolute atomic E-state index is 0.00544. The van der Waals surface area contributed by atoms with Crippen molar-refractivity contribution in [2.24, 2.45) is 5.84 Å². The number of carbonyl (C=O) groups excluding carboxylic acids is 2. The molecule has 114 valence electrons. The second-order valence-electron chi connectivity index (χ2n) is 4.45. The summed E-state index contributed by atoms with van der Waals surface area (Å²) in [4.78, 5) is 22.9. The van der Waals surface area contributed by atoms with E-state index in [0.29, 0.717) is 0 Å².